The second-order valence-electron chi connectivity index (χ2n) is 9.08. The van der Waals surface area contributed by atoms with E-state index in [2.05, 4.69) is 52.7 Å². The highest BCUT2D eigenvalue weighted by atomic mass is 16.5. The maximum Gasteiger partial charge on any atom is 0.216 e. The van der Waals surface area contributed by atoms with Crippen LogP contribution in [0.5, 0.6) is 11.5 Å². The summed E-state index contributed by atoms with van der Waals surface area (Å²) in [5.74, 6) is 1.18. The van der Waals surface area contributed by atoms with Gasteiger partial charge < -0.3 is 15.2 Å². The van der Waals surface area contributed by atoms with Gasteiger partial charge in [-0.1, -0.05) is 42.5 Å². The van der Waals surface area contributed by atoms with Crippen LogP contribution >= 0.6 is 0 Å². The third-order valence-electron chi connectivity index (χ3n) is 6.48. The predicted octanol–water partition coefficient (Wildman–Crippen LogP) is 4.93. The van der Waals surface area contributed by atoms with Gasteiger partial charge in [0.2, 0.25) is 5.91 Å². The third-order valence-corrected chi connectivity index (χ3v) is 6.48. The van der Waals surface area contributed by atoms with Crippen molar-refractivity contribution < 1.29 is 14.6 Å². The quantitative estimate of drug-likeness (QED) is 0.477. The minimum absolute atomic E-state index is 0.0123. The molecule has 34 heavy (non-hydrogen) atoms. The summed E-state index contributed by atoms with van der Waals surface area (Å²) >= 11 is 0. The number of hydrogen-bond donors (Lipinski definition) is 2. The molecular formula is C29H34N2O3. The van der Waals surface area contributed by atoms with Crippen LogP contribution in [0.15, 0.2) is 60.7 Å². The molecule has 1 amide bonds. The average molecular weight is 459 g/mol. The summed E-state index contributed by atoms with van der Waals surface area (Å²) in [5, 5.41) is 13.0. The number of carbonyl (C=O) groups excluding carboxylic acids is 1. The van der Waals surface area contributed by atoms with Crippen molar-refractivity contribution in [2.45, 2.75) is 39.2 Å². The number of aromatic hydroxyl groups is 1. The molecule has 1 heterocycles. The van der Waals surface area contributed by atoms with E-state index in [-0.39, 0.29) is 11.7 Å². The molecule has 178 valence electrons. The first-order valence-electron chi connectivity index (χ1n) is 12.1. The Morgan fingerprint density at radius 2 is 1.68 bits per heavy atom. The van der Waals surface area contributed by atoms with Crippen molar-refractivity contribution in [1.82, 2.24) is 10.2 Å². The highest BCUT2D eigenvalue weighted by Gasteiger charge is 2.15. The Bertz CT molecular complexity index is 1120. The number of hydrogen-bond acceptors (Lipinski definition) is 4. The number of ether oxygens (including phenoxy) is 1. The first-order chi connectivity index (χ1) is 16.5. The third kappa shape index (κ3) is 6.17. The molecule has 1 fully saturated rings. The molecule has 4 rings (SSSR count). The lowest BCUT2D eigenvalue weighted by Crippen LogP contribution is -2.22. The molecule has 0 unspecified atom stereocenters. The molecule has 0 spiro atoms. The van der Waals surface area contributed by atoms with E-state index in [9.17, 15) is 9.90 Å². The molecule has 0 radical (unpaired) electrons. The van der Waals surface area contributed by atoms with Gasteiger partial charge in [-0.15, -0.1) is 0 Å². The summed E-state index contributed by atoms with van der Waals surface area (Å²) in [7, 11) is 1.74. The second-order valence-corrected chi connectivity index (χ2v) is 9.08. The van der Waals surface area contributed by atoms with Gasteiger partial charge in [-0.25, -0.2) is 0 Å². The van der Waals surface area contributed by atoms with E-state index in [4.69, 9.17) is 4.74 Å². The first kappa shape index (κ1) is 23.8. The fourth-order valence-electron chi connectivity index (χ4n) is 4.65. The summed E-state index contributed by atoms with van der Waals surface area (Å²) in [6.45, 7) is 5.41. The van der Waals surface area contributed by atoms with Crippen LogP contribution in [-0.2, 0) is 24.2 Å². The first-order valence-corrected chi connectivity index (χ1v) is 12.1. The molecule has 1 aliphatic rings. The lowest BCUT2D eigenvalue weighted by Gasteiger charge is -2.18. The van der Waals surface area contributed by atoms with Gasteiger partial charge in [0.05, 0.1) is 7.11 Å². The van der Waals surface area contributed by atoms with Crippen molar-refractivity contribution in [1.29, 1.82) is 0 Å². The fourth-order valence-corrected chi connectivity index (χ4v) is 4.65. The molecule has 0 saturated carbocycles. The van der Waals surface area contributed by atoms with Gasteiger partial charge in [-0.3, -0.25) is 9.69 Å². The Labute approximate surface area is 202 Å². The number of phenolic OH excluding ortho intramolecular Hbond substituents is 1. The van der Waals surface area contributed by atoms with Gasteiger partial charge in [-0.05, 0) is 84.8 Å². The van der Waals surface area contributed by atoms with Gasteiger partial charge in [0, 0.05) is 25.6 Å². The molecule has 0 atom stereocenters. The van der Waals surface area contributed by atoms with Crippen molar-refractivity contribution in [3.05, 3.63) is 82.9 Å². The molecule has 5 nitrogen and oxygen atoms in total. The van der Waals surface area contributed by atoms with Crippen molar-refractivity contribution >= 4 is 5.91 Å². The average Bonchev–Trinajstić information content (AvgIpc) is 3.34. The van der Waals surface area contributed by atoms with Gasteiger partial charge in [-0.2, -0.15) is 0 Å². The number of amides is 1. The molecule has 1 aliphatic heterocycles. The molecule has 0 aliphatic carbocycles. The van der Waals surface area contributed by atoms with E-state index < -0.39 is 0 Å². The number of rotatable bonds is 9. The number of nitrogens with zero attached hydrogens (tertiary/aromatic N) is 1. The van der Waals surface area contributed by atoms with Crippen molar-refractivity contribution in [2.75, 3.05) is 26.7 Å². The molecule has 1 saturated heterocycles. The highest BCUT2D eigenvalue weighted by molar-refractivity contribution is 5.73. The summed E-state index contributed by atoms with van der Waals surface area (Å²) in [5.41, 5.74) is 6.81. The fraction of sp³-hybridized carbons (Fsp3) is 0.345. The number of phenols is 1. The van der Waals surface area contributed by atoms with E-state index in [1.165, 1.54) is 30.9 Å². The van der Waals surface area contributed by atoms with Gasteiger partial charge in [0.15, 0.2) is 0 Å². The van der Waals surface area contributed by atoms with Crippen LogP contribution in [0.1, 0.15) is 42.0 Å². The van der Waals surface area contributed by atoms with Crippen molar-refractivity contribution in [3.8, 4) is 22.6 Å². The highest BCUT2D eigenvalue weighted by Crippen LogP contribution is 2.31. The number of nitrogens with one attached hydrogen (secondary N) is 1. The minimum atomic E-state index is -0.0123. The lowest BCUT2D eigenvalue weighted by molar-refractivity contribution is -0.118. The van der Waals surface area contributed by atoms with E-state index >= 15 is 0 Å². The lowest BCUT2D eigenvalue weighted by atomic mass is 9.93. The molecule has 0 aromatic heterocycles. The monoisotopic (exact) mass is 458 g/mol. The van der Waals surface area contributed by atoms with Crippen molar-refractivity contribution in [2.24, 2.45) is 0 Å². The number of likely N-dealkylation sites (tertiary alicyclic amines) is 1. The van der Waals surface area contributed by atoms with Crippen LogP contribution in [0.2, 0.25) is 0 Å². The van der Waals surface area contributed by atoms with Crippen LogP contribution in [-0.4, -0.2) is 42.7 Å². The van der Waals surface area contributed by atoms with Gasteiger partial charge >= 0.3 is 0 Å². The summed E-state index contributed by atoms with van der Waals surface area (Å²) in [4.78, 5) is 13.6. The number of benzene rings is 3. The smallest absolute Gasteiger partial charge is 0.216 e. The molecule has 3 aromatic rings. The molecule has 3 aromatic carbocycles. The Hall–Kier alpha value is -3.31. The van der Waals surface area contributed by atoms with Gasteiger partial charge in [0.1, 0.15) is 11.5 Å². The predicted molar refractivity (Wildman–Crippen MR) is 136 cm³/mol. The van der Waals surface area contributed by atoms with E-state index in [1.54, 1.807) is 13.2 Å². The van der Waals surface area contributed by atoms with E-state index in [0.29, 0.717) is 6.54 Å². The number of carbonyl (C=O) groups is 1. The zero-order chi connectivity index (χ0) is 23.9. The second kappa shape index (κ2) is 11.2. The molecule has 2 N–H and O–H groups in total. The largest absolute Gasteiger partial charge is 0.508 e. The Morgan fingerprint density at radius 1 is 0.971 bits per heavy atom. The van der Waals surface area contributed by atoms with Crippen LogP contribution in [0.3, 0.4) is 0 Å². The Kier molecular flexibility index (Phi) is 7.86. The number of methoxy groups -OCH3 is 1. The Morgan fingerprint density at radius 3 is 2.38 bits per heavy atom. The maximum absolute atomic E-state index is 11.1. The maximum atomic E-state index is 11.1. The molecule has 5 heteroatoms. The van der Waals surface area contributed by atoms with Crippen LogP contribution in [0.25, 0.3) is 11.1 Å². The Balaban J connectivity index is 1.52. The molecule has 0 bridgehead atoms. The normalized spacial score (nSPS) is 13.7. The summed E-state index contributed by atoms with van der Waals surface area (Å²) in [6, 6.07) is 20.4. The van der Waals surface area contributed by atoms with Crippen LogP contribution in [0, 0.1) is 0 Å². The SMILES string of the molecule is COc1cc(Cc2ccc(O)cc2-c2ccc(CCNC(C)=O)cc2)ccc1CN1CCCC1. The van der Waals surface area contributed by atoms with E-state index in [1.807, 2.05) is 12.1 Å². The minimum Gasteiger partial charge on any atom is -0.508 e. The standard InChI is InChI=1S/C29H34N2O3/c1-21(32)30-14-13-22-5-8-24(9-6-22)28-19-27(33)12-11-25(28)17-23-7-10-26(29(18-23)34-2)20-31-15-3-4-16-31/h5-12,18-19,33H,3-4,13-17,20H2,1-2H3,(H,30,32). The zero-order valence-electron chi connectivity index (χ0n) is 20.1. The van der Waals surface area contributed by atoms with Crippen molar-refractivity contribution in [3.63, 3.8) is 0 Å². The molecular weight excluding hydrogens is 424 g/mol. The van der Waals surface area contributed by atoms with Gasteiger partial charge in [0.25, 0.3) is 0 Å². The summed E-state index contributed by atoms with van der Waals surface area (Å²) < 4.78 is 5.74. The van der Waals surface area contributed by atoms with E-state index in [0.717, 1.165) is 60.5 Å². The summed E-state index contributed by atoms with van der Waals surface area (Å²) in [6.07, 6.45) is 4.09. The van der Waals surface area contributed by atoms with Crippen LogP contribution < -0.4 is 10.1 Å². The topological polar surface area (TPSA) is 61.8 Å². The zero-order valence-corrected chi connectivity index (χ0v) is 20.1. The van der Waals surface area contributed by atoms with Crippen LogP contribution in [0.4, 0.5) is 0 Å².